The second-order valence-corrected chi connectivity index (χ2v) is 9.95. The van der Waals surface area contributed by atoms with E-state index in [1.54, 1.807) is 41.4 Å². The highest BCUT2D eigenvalue weighted by atomic mass is 16.6. The third-order valence-corrected chi connectivity index (χ3v) is 7.39. The number of nitrogens with zero attached hydrogens (tertiary/aromatic N) is 4. The molecule has 1 spiro atoms. The van der Waals surface area contributed by atoms with Crippen LogP contribution in [0.3, 0.4) is 0 Å². The van der Waals surface area contributed by atoms with Crippen LogP contribution in [-0.4, -0.2) is 68.9 Å². The molecule has 1 atom stereocenters. The van der Waals surface area contributed by atoms with Crippen LogP contribution >= 0.6 is 0 Å². The molecule has 5 rings (SSSR count). The Morgan fingerprint density at radius 3 is 2.45 bits per heavy atom. The third kappa shape index (κ3) is 5.41. The van der Waals surface area contributed by atoms with E-state index in [-0.39, 0.29) is 68.1 Å². The van der Waals surface area contributed by atoms with Crippen molar-refractivity contribution in [1.29, 1.82) is 0 Å². The third-order valence-electron chi connectivity index (χ3n) is 7.39. The minimum absolute atomic E-state index is 0.0183. The summed E-state index contributed by atoms with van der Waals surface area (Å²) in [6, 6.07) is 17.3. The number of hydrogen-bond donors (Lipinski definition) is 1. The number of hydrogen-bond acceptors (Lipinski definition) is 7. The number of ether oxygens (including phenoxy) is 1. The van der Waals surface area contributed by atoms with Gasteiger partial charge in [0.25, 0.3) is 17.5 Å². The Morgan fingerprint density at radius 2 is 1.77 bits per heavy atom. The van der Waals surface area contributed by atoms with Gasteiger partial charge in [-0.1, -0.05) is 29.8 Å². The van der Waals surface area contributed by atoms with Crippen molar-refractivity contribution < 1.29 is 24.0 Å². The van der Waals surface area contributed by atoms with Crippen molar-refractivity contribution in [3.05, 3.63) is 105 Å². The van der Waals surface area contributed by atoms with Crippen molar-refractivity contribution in [3.63, 3.8) is 0 Å². The zero-order valence-electron chi connectivity index (χ0n) is 22.0. The second kappa shape index (κ2) is 11.2. The van der Waals surface area contributed by atoms with Gasteiger partial charge in [0.2, 0.25) is 5.91 Å². The lowest BCUT2D eigenvalue weighted by atomic mass is 9.96. The minimum Gasteiger partial charge on any atom is -0.353 e. The van der Waals surface area contributed by atoms with Crippen LogP contribution in [0.4, 0.5) is 5.69 Å². The van der Waals surface area contributed by atoms with E-state index in [4.69, 9.17) is 4.74 Å². The van der Waals surface area contributed by atoms with Crippen molar-refractivity contribution in [3.8, 4) is 0 Å². The number of benzene rings is 2. The molecule has 3 amide bonds. The van der Waals surface area contributed by atoms with Crippen molar-refractivity contribution in [2.75, 3.05) is 19.7 Å². The van der Waals surface area contributed by atoms with Gasteiger partial charge < -0.3 is 15.0 Å². The van der Waals surface area contributed by atoms with Gasteiger partial charge in [-0.3, -0.25) is 34.4 Å². The molecule has 1 N–H and O–H groups in total. The van der Waals surface area contributed by atoms with Crippen LogP contribution in [-0.2, 0) is 16.1 Å². The second-order valence-electron chi connectivity index (χ2n) is 9.95. The maximum Gasteiger partial charge on any atom is 0.270 e. The van der Waals surface area contributed by atoms with Crippen molar-refractivity contribution in [2.45, 2.75) is 38.1 Å². The Kier molecular flexibility index (Phi) is 7.56. The SMILES string of the molecule is Cc1ccc(C(=O)N2[C@H](C(=O)NCc3ccccn3)COC23CCN(C(=O)c2cccc([N+](=O)[O-])c2)CC3)cc1. The van der Waals surface area contributed by atoms with E-state index >= 15 is 0 Å². The molecule has 1 aromatic heterocycles. The number of non-ortho nitro benzene ring substituents is 1. The number of nitrogens with one attached hydrogen (secondary N) is 1. The van der Waals surface area contributed by atoms with Gasteiger partial charge in [-0.15, -0.1) is 0 Å². The first kappa shape index (κ1) is 26.9. The van der Waals surface area contributed by atoms with Gasteiger partial charge in [-0.05, 0) is 37.3 Å². The first-order valence-corrected chi connectivity index (χ1v) is 13.0. The normalized spacial score (nSPS) is 18.0. The zero-order chi connectivity index (χ0) is 28.3. The number of likely N-dealkylation sites (tertiary alicyclic amines) is 1. The molecule has 11 nitrogen and oxygen atoms in total. The summed E-state index contributed by atoms with van der Waals surface area (Å²) >= 11 is 0. The molecule has 0 aliphatic carbocycles. The van der Waals surface area contributed by atoms with E-state index in [2.05, 4.69) is 10.3 Å². The highest BCUT2D eigenvalue weighted by Crippen LogP contribution is 2.39. The summed E-state index contributed by atoms with van der Waals surface area (Å²) in [5.74, 6) is -1.01. The number of pyridine rings is 1. The maximum atomic E-state index is 13.9. The van der Waals surface area contributed by atoms with Crippen LogP contribution in [0.25, 0.3) is 0 Å². The van der Waals surface area contributed by atoms with E-state index < -0.39 is 16.7 Å². The molecule has 3 aromatic rings. The average molecular weight is 544 g/mol. The van der Waals surface area contributed by atoms with Gasteiger partial charge in [0.05, 0.1) is 23.8 Å². The van der Waals surface area contributed by atoms with Crippen LogP contribution in [0.1, 0.15) is 44.8 Å². The van der Waals surface area contributed by atoms with Crippen LogP contribution in [0, 0.1) is 17.0 Å². The lowest BCUT2D eigenvalue weighted by Gasteiger charge is -2.44. The molecule has 0 bridgehead atoms. The highest BCUT2D eigenvalue weighted by molar-refractivity contribution is 5.98. The summed E-state index contributed by atoms with van der Waals surface area (Å²) in [6.07, 6.45) is 2.22. The Morgan fingerprint density at radius 1 is 1.02 bits per heavy atom. The standard InChI is InChI=1S/C29H29N5O6/c1-20-8-10-21(11-9-20)28(37)33-25(26(35)31-18-23-6-2-3-14-30-23)19-40-29(33)12-15-32(16-13-29)27(36)22-5-4-7-24(17-22)34(38)39/h2-11,14,17,25H,12-13,15-16,18-19H2,1H3,(H,31,35)/t25-/m0/s1. The number of rotatable bonds is 6. The molecule has 3 heterocycles. The lowest BCUT2D eigenvalue weighted by molar-refractivity contribution is -0.384. The van der Waals surface area contributed by atoms with Gasteiger partial charge in [-0.25, -0.2) is 0 Å². The lowest BCUT2D eigenvalue weighted by Crippen LogP contribution is -2.59. The van der Waals surface area contributed by atoms with E-state index in [0.717, 1.165) is 5.56 Å². The van der Waals surface area contributed by atoms with Crippen LogP contribution < -0.4 is 5.32 Å². The summed E-state index contributed by atoms with van der Waals surface area (Å²) in [6.45, 7) is 2.66. The minimum atomic E-state index is -1.07. The monoisotopic (exact) mass is 543 g/mol. The topological polar surface area (TPSA) is 135 Å². The molecule has 0 unspecified atom stereocenters. The molecule has 2 aromatic carbocycles. The number of nitro benzene ring substituents is 1. The average Bonchev–Trinajstić information content (AvgIpc) is 3.35. The first-order chi connectivity index (χ1) is 19.3. The number of carbonyl (C=O) groups excluding carboxylic acids is 3. The van der Waals surface area contributed by atoms with Crippen LogP contribution in [0.2, 0.25) is 0 Å². The summed E-state index contributed by atoms with van der Waals surface area (Å²) in [4.78, 5) is 58.4. The first-order valence-electron chi connectivity index (χ1n) is 13.0. The van der Waals surface area contributed by atoms with Gasteiger partial charge in [-0.2, -0.15) is 0 Å². The quantitative estimate of drug-likeness (QED) is 0.373. The van der Waals surface area contributed by atoms with E-state index in [0.29, 0.717) is 11.3 Å². The highest BCUT2D eigenvalue weighted by Gasteiger charge is 2.54. The van der Waals surface area contributed by atoms with Gasteiger partial charge in [0.15, 0.2) is 0 Å². The summed E-state index contributed by atoms with van der Waals surface area (Å²) in [5.41, 5.74) is 1.11. The van der Waals surface area contributed by atoms with Crippen molar-refractivity contribution in [1.82, 2.24) is 20.1 Å². The van der Waals surface area contributed by atoms with E-state index in [9.17, 15) is 24.5 Å². The number of piperidine rings is 1. The van der Waals surface area contributed by atoms with E-state index in [1.807, 2.05) is 25.1 Å². The van der Waals surface area contributed by atoms with Crippen molar-refractivity contribution >= 4 is 23.4 Å². The Bertz CT molecular complexity index is 1420. The number of carbonyl (C=O) groups is 3. The predicted molar refractivity (Wildman–Crippen MR) is 144 cm³/mol. The summed E-state index contributed by atoms with van der Waals surface area (Å²) in [5, 5.41) is 14.0. The summed E-state index contributed by atoms with van der Waals surface area (Å²) < 4.78 is 6.23. The fraction of sp³-hybridized carbons (Fsp3) is 0.310. The van der Waals surface area contributed by atoms with Crippen LogP contribution in [0.5, 0.6) is 0 Å². The smallest absolute Gasteiger partial charge is 0.270 e. The molecule has 2 aliphatic heterocycles. The zero-order valence-corrected chi connectivity index (χ0v) is 22.0. The number of nitro groups is 1. The molecule has 40 heavy (non-hydrogen) atoms. The molecule has 0 radical (unpaired) electrons. The number of amides is 3. The molecule has 11 heteroatoms. The maximum absolute atomic E-state index is 13.9. The van der Waals surface area contributed by atoms with E-state index in [1.165, 1.54) is 23.1 Å². The Hall–Kier alpha value is -4.64. The Labute approximate surface area is 230 Å². The van der Waals surface area contributed by atoms with Gasteiger partial charge in [0, 0.05) is 55.4 Å². The largest absolute Gasteiger partial charge is 0.353 e. The van der Waals surface area contributed by atoms with Crippen molar-refractivity contribution in [2.24, 2.45) is 0 Å². The molecule has 206 valence electrons. The Balaban J connectivity index is 1.36. The van der Waals surface area contributed by atoms with Crippen LogP contribution in [0.15, 0.2) is 72.9 Å². The molecule has 2 aliphatic rings. The van der Waals surface area contributed by atoms with Gasteiger partial charge in [0.1, 0.15) is 11.8 Å². The molecule has 2 fully saturated rings. The molecular formula is C29H29N5O6. The molecular weight excluding hydrogens is 514 g/mol. The van der Waals surface area contributed by atoms with Gasteiger partial charge >= 0.3 is 0 Å². The number of aryl methyl sites for hydroxylation is 1. The molecule has 0 saturated carbocycles. The number of aromatic nitrogens is 1. The predicted octanol–water partition coefficient (Wildman–Crippen LogP) is 3.09. The fourth-order valence-electron chi connectivity index (χ4n) is 5.19. The molecule has 2 saturated heterocycles. The summed E-state index contributed by atoms with van der Waals surface area (Å²) in [7, 11) is 0. The fourth-order valence-corrected chi connectivity index (χ4v) is 5.19.